The standard InChI is InChI=1S/C92H59N3/c1-9-28-60(29-10-1)71-54-72(61-30-11-2-12-31-61)56-73(55-71)70-44-25-45-74(57-70)95-59-81(93-94-95)64-52-50-63(51-53-64)79-58-80(62-32-13-3-14-33-62)89-75-46-26-48-77-87(75)88-76(90(89)82(79)65-34-15-4-16-35-65)47-27-49-78(88)92-86(69-42-23-8-24-43-69)84(67-38-19-6-20-39-67)83(66-36-17-5-18-37-66)85(91(77)92)68-40-21-7-22-41-68/h1-59H. The maximum absolute atomic E-state index is 4.84. The molecule has 3 heteroatoms. The second-order valence-corrected chi connectivity index (χ2v) is 24.7. The van der Waals surface area contributed by atoms with E-state index in [0.29, 0.717) is 0 Å². The quantitative estimate of drug-likeness (QED) is 0.0902. The minimum atomic E-state index is 0.790. The van der Waals surface area contributed by atoms with Crippen molar-refractivity contribution in [3.05, 3.63) is 358 Å². The van der Waals surface area contributed by atoms with Crippen LogP contribution in [0.15, 0.2) is 358 Å². The maximum atomic E-state index is 4.84. The normalized spacial score (nSPS) is 11.6. The number of rotatable bonds is 12. The fraction of sp³-hybridized carbons (Fsp3) is 0. The molecule has 0 spiro atoms. The highest BCUT2D eigenvalue weighted by molar-refractivity contribution is 6.46. The van der Waals surface area contributed by atoms with E-state index in [1.807, 2.05) is 10.9 Å². The molecule has 0 fully saturated rings. The minimum Gasteiger partial charge on any atom is -0.220 e. The van der Waals surface area contributed by atoms with Crippen molar-refractivity contribution >= 4 is 53.9 Å². The Hall–Kier alpha value is -12.6. The van der Waals surface area contributed by atoms with Crippen molar-refractivity contribution < 1.29 is 0 Å². The summed E-state index contributed by atoms with van der Waals surface area (Å²) in [5.74, 6) is 0. The Kier molecular flexibility index (Phi) is 13.6. The minimum absolute atomic E-state index is 0.790. The summed E-state index contributed by atoms with van der Waals surface area (Å²) in [6.07, 6.45) is 2.05. The summed E-state index contributed by atoms with van der Waals surface area (Å²) in [4.78, 5) is 0. The number of aromatic nitrogens is 3. The SMILES string of the molecule is c1ccc(-c2cc(-c3ccccc3)cc(-c3cccc(-n4cc(-c5ccc(-c6cc(-c7ccccc7)c7c8cccc9c%10c(-c%11ccccc%11)c(-c%11ccccc%11)c(-c%11ccccc%11)c(-c%11ccccc%11)c%10c%10cccc(c7c6-c6ccccc6)c%10c89)cc5)nn4)c3)c2)cc1. The van der Waals surface area contributed by atoms with Gasteiger partial charge in [0.25, 0.3) is 0 Å². The van der Waals surface area contributed by atoms with E-state index < -0.39 is 0 Å². The predicted octanol–water partition coefficient (Wildman–Crippen LogP) is 24.8. The van der Waals surface area contributed by atoms with Gasteiger partial charge in [-0.15, -0.1) is 5.10 Å². The van der Waals surface area contributed by atoms with Gasteiger partial charge in [-0.1, -0.05) is 321 Å². The summed E-state index contributed by atoms with van der Waals surface area (Å²) >= 11 is 0. The molecule has 18 rings (SSSR count). The van der Waals surface area contributed by atoms with Crippen LogP contribution in [0.5, 0.6) is 0 Å². The summed E-state index contributed by atoms with van der Waals surface area (Å²) in [6, 6.07) is 129. The summed E-state index contributed by atoms with van der Waals surface area (Å²) in [5.41, 5.74) is 26.1. The van der Waals surface area contributed by atoms with E-state index in [9.17, 15) is 0 Å². The Labute approximate surface area is 551 Å². The van der Waals surface area contributed by atoms with Crippen LogP contribution >= 0.6 is 0 Å². The number of hydrogen-bond donors (Lipinski definition) is 0. The average molecular weight is 1210 g/mol. The van der Waals surface area contributed by atoms with Crippen LogP contribution in [0.3, 0.4) is 0 Å². The van der Waals surface area contributed by atoms with Crippen molar-refractivity contribution in [1.82, 2.24) is 15.0 Å². The monoisotopic (exact) mass is 1210 g/mol. The van der Waals surface area contributed by atoms with Gasteiger partial charge in [-0.05, 0) is 202 Å². The molecule has 17 aromatic carbocycles. The van der Waals surface area contributed by atoms with Gasteiger partial charge < -0.3 is 0 Å². The first kappa shape index (κ1) is 55.3. The Morgan fingerprint density at radius 2 is 0.516 bits per heavy atom. The Balaban J connectivity index is 0.865. The number of hydrogen-bond acceptors (Lipinski definition) is 2. The molecular formula is C92H59N3. The van der Waals surface area contributed by atoms with Crippen LogP contribution in [-0.2, 0) is 0 Å². The second-order valence-electron chi connectivity index (χ2n) is 24.7. The lowest BCUT2D eigenvalue weighted by Crippen LogP contribution is -2.00. The molecule has 18 aromatic rings. The fourth-order valence-electron chi connectivity index (χ4n) is 15.1. The highest BCUT2D eigenvalue weighted by Gasteiger charge is 2.30. The molecule has 0 amide bonds. The number of fused-ring (bicyclic) bond motifs is 6. The van der Waals surface area contributed by atoms with Crippen LogP contribution in [0.2, 0.25) is 0 Å². The molecule has 95 heavy (non-hydrogen) atoms. The zero-order valence-electron chi connectivity index (χ0n) is 51.9. The summed E-state index contributed by atoms with van der Waals surface area (Å²) < 4.78 is 1.90. The largest absolute Gasteiger partial charge is 0.220 e. The summed E-state index contributed by atoms with van der Waals surface area (Å²) in [5, 5.41) is 22.0. The summed E-state index contributed by atoms with van der Waals surface area (Å²) in [6.45, 7) is 0. The highest BCUT2D eigenvalue weighted by atomic mass is 15.4. The molecule has 0 saturated heterocycles. The molecule has 0 radical (unpaired) electrons. The van der Waals surface area contributed by atoms with Gasteiger partial charge in [0.1, 0.15) is 5.69 Å². The van der Waals surface area contributed by atoms with Crippen LogP contribution in [0.4, 0.5) is 0 Å². The fourth-order valence-corrected chi connectivity index (χ4v) is 15.1. The smallest absolute Gasteiger partial charge is 0.113 e. The first-order valence-corrected chi connectivity index (χ1v) is 32.6. The van der Waals surface area contributed by atoms with Gasteiger partial charge in [0.05, 0.1) is 11.9 Å². The van der Waals surface area contributed by atoms with E-state index in [-0.39, 0.29) is 0 Å². The lowest BCUT2D eigenvalue weighted by Gasteiger charge is -2.28. The molecule has 442 valence electrons. The van der Waals surface area contributed by atoms with Crippen LogP contribution < -0.4 is 0 Å². The third-order valence-corrected chi connectivity index (χ3v) is 19.3. The molecule has 0 saturated carbocycles. The Morgan fingerprint density at radius 3 is 0.958 bits per heavy atom. The Bertz CT molecular complexity index is 5820. The first-order chi connectivity index (χ1) is 47.2. The van der Waals surface area contributed by atoms with Crippen molar-refractivity contribution in [3.63, 3.8) is 0 Å². The topological polar surface area (TPSA) is 30.7 Å². The molecule has 0 N–H and O–H groups in total. The van der Waals surface area contributed by atoms with Gasteiger partial charge in [0.2, 0.25) is 0 Å². The molecule has 1 heterocycles. The van der Waals surface area contributed by atoms with Crippen molar-refractivity contribution in [2.75, 3.05) is 0 Å². The van der Waals surface area contributed by atoms with Gasteiger partial charge in [0, 0.05) is 5.56 Å². The van der Waals surface area contributed by atoms with Gasteiger partial charge in [-0.25, -0.2) is 4.68 Å². The molecule has 0 bridgehead atoms. The van der Waals surface area contributed by atoms with Crippen LogP contribution in [0, 0.1) is 0 Å². The second kappa shape index (κ2) is 23.3. The highest BCUT2D eigenvalue weighted by Crippen LogP contribution is 2.58. The third kappa shape index (κ3) is 9.51. The lowest BCUT2D eigenvalue weighted by molar-refractivity contribution is 0.804. The van der Waals surface area contributed by atoms with E-state index in [2.05, 4.69) is 352 Å². The zero-order chi connectivity index (χ0) is 62.8. The van der Waals surface area contributed by atoms with Crippen LogP contribution in [0.25, 0.3) is 182 Å². The predicted molar refractivity (Wildman–Crippen MR) is 400 cm³/mol. The molecule has 0 aliphatic carbocycles. The third-order valence-electron chi connectivity index (χ3n) is 19.3. The van der Waals surface area contributed by atoms with Gasteiger partial charge in [-0.2, -0.15) is 0 Å². The molecule has 0 aliphatic heterocycles. The van der Waals surface area contributed by atoms with Crippen LogP contribution in [-0.4, -0.2) is 15.0 Å². The lowest BCUT2D eigenvalue weighted by atomic mass is 9.74. The molecule has 3 nitrogen and oxygen atoms in total. The van der Waals surface area contributed by atoms with E-state index in [1.165, 1.54) is 132 Å². The maximum Gasteiger partial charge on any atom is 0.113 e. The molecule has 0 aliphatic rings. The Morgan fingerprint density at radius 1 is 0.189 bits per heavy atom. The van der Waals surface area contributed by atoms with E-state index in [4.69, 9.17) is 10.3 Å². The summed E-state index contributed by atoms with van der Waals surface area (Å²) in [7, 11) is 0. The van der Waals surface area contributed by atoms with Crippen molar-refractivity contribution in [2.24, 2.45) is 0 Å². The van der Waals surface area contributed by atoms with E-state index in [0.717, 1.165) is 50.3 Å². The first-order valence-electron chi connectivity index (χ1n) is 32.6. The molecule has 1 aromatic heterocycles. The van der Waals surface area contributed by atoms with E-state index >= 15 is 0 Å². The van der Waals surface area contributed by atoms with Crippen molar-refractivity contribution in [3.8, 4) is 128 Å². The van der Waals surface area contributed by atoms with Gasteiger partial charge in [-0.3, -0.25) is 0 Å². The molecule has 0 unspecified atom stereocenters. The number of nitrogens with zero attached hydrogens (tertiary/aromatic N) is 3. The van der Waals surface area contributed by atoms with Gasteiger partial charge in [0.15, 0.2) is 0 Å². The zero-order valence-corrected chi connectivity index (χ0v) is 51.9. The van der Waals surface area contributed by atoms with Gasteiger partial charge >= 0.3 is 0 Å². The van der Waals surface area contributed by atoms with Crippen molar-refractivity contribution in [2.45, 2.75) is 0 Å². The molecule has 0 atom stereocenters. The van der Waals surface area contributed by atoms with Crippen molar-refractivity contribution in [1.29, 1.82) is 0 Å². The van der Waals surface area contributed by atoms with E-state index in [1.54, 1.807) is 0 Å². The average Bonchev–Trinajstić information content (AvgIpc) is 0.727. The van der Waals surface area contributed by atoms with Crippen LogP contribution in [0.1, 0.15) is 0 Å². The number of benzene rings is 17. The molecular weight excluding hydrogens is 1150 g/mol.